The lowest BCUT2D eigenvalue weighted by atomic mass is 10.1. The molecule has 1 aliphatic rings. The highest BCUT2D eigenvalue weighted by atomic mass is 16.6. The average Bonchev–Trinajstić information content (AvgIpc) is 2.87. The van der Waals surface area contributed by atoms with Crippen LogP contribution in [0.2, 0.25) is 0 Å². The molecule has 2 rings (SSSR count). The van der Waals surface area contributed by atoms with Crippen LogP contribution in [-0.2, 0) is 4.74 Å². The number of aliphatic hydroxyl groups is 1. The minimum absolute atomic E-state index is 0.0349. The summed E-state index contributed by atoms with van der Waals surface area (Å²) in [6.07, 6.45) is -0.404. The lowest BCUT2D eigenvalue weighted by molar-refractivity contribution is 0.137. The van der Waals surface area contributed by atoms with Crippen LogP contribution in [0.4, 0.5) is 0 Å². The van der Waals surface area contributed by atoms with Gasteiger partial charge in [-0.1, -0.05) is 29.8 Å². The van der Waals surface area contributed by atoms with Crippen LogP contribution in [0, 0.1) is 6.92 Å². The van der Waals surface area contributed by atoms with E-state index in [-0.39, 0.29) is 6.10 Å². The fourth-order valence-corrected chi connectivity index (χ4v) is 1.22. The van der Waals surface area contributed by atoms with Gasteiger partial charge in [0.1, 0.15) is 12.2 Å². The van der Waals surface area contributed by atoms with Crippen molar-refractivity contribution in [2.45, 2.75) is 19.1 Å². The third-order valence-electron chi connectivity index (χ3n) is 2.13. The monoisotopic (exact) mass is 164 g/mol. The van der Waals surface area contributed by atoms with Crippen LogP contribution in [0.1, 0.15) is 17.2 Å². The van der Waals surface area contributed by atoms with E-state index in [9.17, 15) is 5.11 Å². The van der Waals surface area contributed by atoms with Crippen molar-refractivity contribution in [2.24, 2.45) is 0 Å². The Labute approximate surface area is 71.8 Å². The molecule has 1 heterocycles. The first kappa shape index (κ1) is 7.77. The molecule has 1 aliphatic heterocycles. The van der Waals surface area contributed by atoms with Gasteiger partial charge in [0.2, 0.25) is 0 Å². The lowest BCUT2D eigenvalue weighted by Crippen LogP contribution is -2.04. The predicted molar refractivity (Wildman–Crippen MR) is 45.9 cm³/mol. The highest BCUT2D eigenvalue weighted by Crippen LogP contribution is 2.27. The lowest BCUT2D eigenvalue weighted by Gasteiger charge is -2.06. The quantitative estimate of drug-likeness (QED) is 0.671. The summed E-state index contributed by atoms with van der Waals surface area (Å²) in [7, 11) is 0. The Bertz CT molecular complexity index is 262. The summed E-state index contributed by atoms with van der Waals surface area (Å²) in [5, 5.41) is 9.63. The van der Waals surface area contributed by atoms with Gasteiger partial charge in [-0.25, -0.2) is 0 Å². The number of benzene rings is 1. The maximum absolute atomic E-state index is 9.63. The molecule has 0 bridgehead atoms. The summed E-state index contributed by atoms with van der Waals surface area (Å²) < 4.78 is 5.00. The van der Waals surface area contributed by atoms with E-state index in [2.05, 4.69) is 0 Å². The Morgan fingerprint density at radius 2 is 2.00 bits per heavy atom. The van der Waals surface area contributed by atoms with Gasteiger partial charge in [0, 0.05) is 0 Å². The fourth-order valence-electron chi connectivity index (χ4n) is 1.22. The zero-order chi connectivity index (χ0) is 8.55. The second kappa shape index (κ2) is 2.88. The standard InChI is InChI=1S/C10H12O2/c1-7-2-4-8(5-3-7)10(11)9-6-12-9/h2-5,9-11H,6H2,1H3/t9-,10-/m1/s1. The third kappa shape index (κ3) is 1.49. The molecular formula is C10H12O2. The molecule has 2 heteroatoms. The molecular weight excluding hydrogens is 152 g/mol. The number of rotatable bonds is 2. The third-order valence-corrected chi connectivity index (χ3v) is 2.13. The Hall–Kier alpha value is -0.860. The first-order chi connectivity index (χ1) is 5.77. The summed E-state index contributed by atoms with van der Waals surface area (Å²) >= 11 is 0. The van der Waals surface area contributed by atoms with Crippen molar-refractivity contribution in [3.05, 3.63) is 35.4 Å². The zero-order valence-electron chi connectivity index (χ0n) is 7.03. The summed E-state index contributed by atoms with van der Waals surface area (Å²) in [5.74, 6) is 0. The van der Waals surface area contributed by atoms with E-state index in [1.54, 1.807) is 0 Å². The van der Waals surface area contributed by atoms with E-state index in [1.807, 2.05) is 31.2 Å². The second-order valence-corrected chi connectivity index (χ2v) is 3.23. The van der Waals surface area contributed by atoms with Gasteiger partial charge in [0.05, 0.1) is 6.61 Å². The minimum atomic E-state index is -0.439. The molecule has 1 saturated heterocycles. The molecule has 1 fully saturated rings. The molecule has 0 aromatic heterocycles. The summed E-state index contributed by atoms with van der Waals surface area (Å²) in [6.45, 7) is 2.72. The molecule has 1 aromatic carbocycles. The number of ether oxygens (including phenoxy) is 1. The molecule has 12 heavy (non-hydrogen) atoms. The summed E-state index contributed by atoms with van der Waals surface area (Å²) in [5.41, 5.74) is 2.16. The zero-order valence-corrected chi connectivity index (χ0v) is 7.03. The normalized spacial score (nSPS) is 23.7. The molecule has 64 valence electrons. The van der Waals surface area contributed by atoms with Crippen molar-refractivity contribution in [3.63, 3.8) is 0 Å². The average molecular weight is 164 g/mol. The van der Waals surface area contributed by atoms with Gasteiger partial charge in [-0.2, -0.15) is 0 Å². The van der Waals surface area contributed by atoms with Crippen LogP contribution in [0.25, 0.3) is 0 Å². The van der Waals surface area contributed by atoms with Gasteiger partial charge in [-0.15, -0.1) is 0 Å². The van der Waals surface area contributed by atoms with Gasteiger partial charge in [-0.05, 0) is 12.5 Å². The summed E-state index contributed by atoms with van der Waals surface area (Å²) in [6, 6.07) is 7.89. The SMILES string of the molecule is Cc1ccc([C@@H](O)[C@H]2CO2)cc1. The van der Waals surface area contributed by atoms with Crippen molar-refractivity contribution in [1.82, 2.24) is 0 Å². The maximum atomic E-state index is 9.63. The number of epoxide rings is 1. The molecule has 1 N–H and O–H groups in total. The van der Waals surface area contributed by atoms with Crippen LogP contribution in [-0.4, -0.2) is 17.8 Å². The van der Waals surface area contributed by atoms with Crippen molar-refractivity contribution in [2.75, 3.05) is 6.61 Å². The van der Waals surface area contributed by atoms with E-state index in [1.165, 1.54) is 5.56 Å². The van der Waals surface area contributed by atoms with Crippen LogP contribution in [0.3, 0.4) is 0 Å². The van der Waals surface area contributed by atoms with Crippen LogP contribution >= 0.6 is 0 Å². The van der Waals surface area contributed by atoms with Gasteiger partial charge >= 0.3 is 0 Å². The van der Waals surface area contributed by atoms with Crippen molar-refractivity contribution < 1.29 is 9.84 Å². The predicted octanol–water partition coefficient (Wildman–Crippen LogP) is 1.43. The Morgan fingerprint density at radius 3 is 2.50 bits per heavy atom. The first-order valence-electron chi connectivity index (χ1n) is 4.13. The number of aliphatic hydroxyl groups excluding tert-OH is 1. The van der Waals surface area contributed by atoms with Crippen LogP contribution in [0.15, 0.2) is 24.3 Å². The van der Waals surface area contributed by atoms with Crippen LogP contribution < -0.4 is 0 Å². The topological polar surface area (TPSA) is 32.8 Å². The molecule has 2 nitrogen and oxygen atoms in total. The van der Waals surface area contributed by atoms with E-state index < -0.39 is 6.10 Å². The molecule has 0 amide bonds. The molecule has 0 saturated carbocycles. The highest BCUT2D eigenvalue weighted by molar-refractivity contribution is 5.24. The molecule has 2 atom stereocenters. The highest BCUT2D eigenvalue weighted by Gasteiger charge is 2.32. The fraction of sp³-hybridized carbons (Fsp3) is 0.400. The van der Waals surface area contributed by atoms with E-state index in [4.69, 9.17) is 4.74 Å². The van der Waals surface area contributed by atoms with E-state index in [0.29, 0.717) is 6.61 Å². The van der Waals surface area contributed by atoms with Crippen molar-refractivity contribution in [3.8, 4) is 0 Å². The maximum Gasteiger partial charge on any atom is 0.111 e. The Morgan fingerprint density at radius 1 is 1.42 bits per heavy atom. The molecule has 0 radical (unpaired) electrons. The van der Waals surface area contributed by atoms with Gasteiger partial charge < -0.3 is 9.84 Å². The van der Waals surface area contributed by atoms with Gasteiger partial charge in [0.15, 0.2) is 0 Å². The molecule has 0 spiro atoms. The molecule has 1 aromatic rings. The van der Waals surface area contributed by atoms with E-state index in [0.717, 1.165) is 5.56 Å². The smallest absolute Gasteiger partial charge is 0.111 e. The van der Waals surface area contributed by atoms with Crippen molar-refractivity contribution in [1.29, 1.82) is 0 Å². The van der Waals surface area contributed by atoms with Crippen molar-refractivity contribution >= 4 is 0 Å². The number of hydrogen-bond acceptors (Lipinski definition) is 2. The van der Waals surface area contributed by atoms with Crippen LogP contribution in [0.5, 0.6) is 0 Å². The molecule has 0 unspecified atom stereocenters. The Kier molecular flexibility index (Phi) is 1.87. The first-order valence-corrected chi connectivity index (χ1v) is 4.13. The molecule has 0 aliphatic carbocycles. The largest absolute Gasteiger partial charge is 0.386 e. The second-order valence-electron chi connectivity index (χ2n) is 3.23. The number of aryl methyl sites for hydroxylation is 1. The minimum Gasteiger partial charge on any atom is -0.386 e. The van der Waals surface area contributed by atoms with Gasteiger partial charge in [-0.3, -0.25) is 0 Å². The van der Waals surface area contributed by atoms with Gasteiger partial charge in [0.25, 0.3) is 0 Å². The summed E-state index contributed by atoms with van der Waals surface area (Å²) in [4.78, 5) is 0. The Balaban J connectivity index is 2.16. The number of hydrogen-bond donors (Lipinski definition) is 1. The van der Waals surface area contributed by atoms with E-state index >= 15 is 0 Å².